The van der Waals surface area contributed by atoms with Crippen molar-refractivity contribution in [3.05, 3.63) is 35.5 Å². The molecule has 10 nitrogen and oxygen atoms in total. The fourth-order valence-electron chi connectivity index (χ4n) is 3.08. The number of nitrogens with zero attached hydrogens (tertiary/aromatic N) is 3. The molecule has 0 radical (unpaired) electrons. The van der Waals surface area contributed by atoms with Crippen molar-refractivity contribution in [2.75, 3.05) is 11.9 Å². The van der Waals surface area contributed by atoms with Crippen LogP contribution in [0.15, 0.2) is 34.9 Å². The monoisotopic (exact) mass is 455 g/mol. The van der Waals surface area contributed by atoms with Gasteiger partial charge in [0.25, 0.3) is 10.2 Å². The molecule has 1 amide bonds. The Morgan fingerprint density at radius 1 is 1.28 bits per heavy atom. The third-order valence-electron chi connectivity index (χ3n) is 4.36. The zero-order valence-electron chi connectivity index (χ0n) is 14.6. The van der Waals surface area contributed by atoms with E-state index in [9.17, 15) is 36.6 Å². The molecule has 2 heterocycles. The highest BCUT2D eigenvalue weighted by atomic mass is 32.3. The maximum Gasteiger partial charge on any atom is 0.431 e. The molecule has 0 aromatic heterocycles. The average molecular weight is 455 g/mol. The zero-order valence-corrected chi connectivity index (χ0v) is 16.2. The van der Waals surface area contributed by atoms with Gasteiger partial charge in [-0.3, -0.25) is 9.69 Å². The summed E-state index contributed by atoms with van der Waals surface area (Å²) in [6, 6.07) is 2.49. The first-order chi connectivity index (χ1) is 13.2. The van der Waals surface area contributed by atoms with Crippen molar-refractivity contribution in [2.24, 2.45) is 10.9 Å². The lowest BCUT2D eigenvalue weighted by Crippen LogP contribution is -2.56. The number of aliphatic hydroxyl groups is 2. The number of rotatable bonds is 3. The van der Waals surface area contributed by atoms with Crippen LogP contribution in [-0.4, -0.2) is 59.0 Å². The van der Waals surface area contributed by atoms with Crippen LogP contribution in [0.1, 0.15) is 11.6 Å². The normalized spacial score (nSPS) is 25.8. The van der Waals surface area contributed by atoms with Crippen molar-refractivity contribution in [1.82, 2.24) is 8.61 Å². The number of benzene rings is 1. The Labute approximate surface area is 167 Å². The summed E-state index contributed by atoms with van der Waals surface area (Å²) in [5, 5.41) is 25.6. The number of fused-ring (bicyclic) bond motifs is 1. The summed E-state index contributed by atoms with van der Waals surface area (Å²) in [5.74, 6) is -1.03. The lowest BCUT2D eigenvalue weighted by Gasteiger charge is -2.43. The Morgan fingerprint density at radius 3 is 2.41 bits per heavy atom. The number of aliphatic hydroxyl groups excluding tert-OH is 2. The first-order valence-electron chi connectivity index (χ1n) is 7.83. The van der Waals surface area contributed by atoms with Gasteiger partial charge in [0.2, 0.25) is 12.3 Å². The maximum atomic E-state index is 13.1. The van der Waals surface area contributed by atoms with E-state index in [1.165, 1.54) is 18.2 Å². The number of carbonyl (C=O) groups is 1. The molecule has 29 heavy (non-hydrogen) atoms. The van der Waals surface area contributed by atoms with Crippen LogP contribution < -0.4 is 15.8 Å². The quantitative estimate of drug-likeness (QED) is 0.446. The molecule has 2 aliphatic rings. The first kappa shape index (κ1) is 21.7. The Hall–Kier alpha value is -2.04. The topological polar surface area (TPSA) is 153 Å². The largest absolute Gasteiger partial charge is 0.431 e. The highest BCUT2D eigenvalue weighted by molar-refractivity contribution is 8.08. The van der Waals surface area contributed by atoms with E-state index in [-0.39, 0.29) is 11.3 Å². The van der Waals surface area contributed by atoms with Gasteiger partial charge in [0, 0.05) is 17.6 Å². The third kappa shape index (κ3) is 3.76. The van der Waals surface area contributed by atoms with Gasteiger partial charge in [-0.1, -0.05) is 0 Å². The van der Waals surface area contributed by atoms with Crippen LogP contribution >= 0.6 is 11.9 Å². The SMILES string of the molecule is CN1C(C(F)(F)F)=CC(O)N(c2ccc3c(c2)C(C(N)=O)N(S(N)(=O)=O)S3)C1O. The molecule has 3 atom stereocenters. The van der Waals surface area contributed by atoms with Crippen molar-refractivity contribution >= 4 is 33.8 Å². The molecule has 1 aromatic rings. The van der Waals surface area contributed by atoms with Crippen molar-refractivity contribution in [2.45, 2.75) is 29.7 Å². The van der Waals surface area contributed by atoms with Gasteiger partial charge in [-0.2, -0.15) is 21.6 Å². The summed E-state index contributed by atoms with van der Waals surface area (Å²) < 4.78 is 63.3. The maximum absolute atomic E-state index is 13.1. The van der Waals surface area contributed by atoms with E-state index in [1.54, 1.807) is 0 Å². The highest BCUT2D eigenvalue weighted by Gasteiger charge is 2.46. The van der Waals surface area contributed by atoms with Gasteiger partial charge in [0.05, 0.1) is 0 Å². The standard InChI is InChI=1S/C14H16F3N5O5S2/c1-20-9(14(15,16)17)5-10(23)21(13(20)25)6-2-3-8-7(4-6)11(12(18)24)22(28-8)29(19,26)27/h2-5,10-11,13,23,25H,1H3,(H2,18,24)(H2,19,26,27). The van der Waals surface area contributed by atoms with Gasteiger partial charge >= 0.3 is 6.18 Å². The van der Waals surface area contributed by atoms with Crippen LogP contribution in [0.25, 0.3) is 0 Å². The number of carbonyl (C=O) groups excluding carboxylic acids is 1. The summed E-state index contributed by atoms with van der Waals surface area (Å²) in [5.41, 5.74) is 4.20. The average Bonchev–Trinajstić information content (AvgIpc) is 2.96. The molecule has 2 aliphatic heterocycles. The van der Waals surface area contributed by atoms with Crippen LogP contribution in [0.3, 0.4) is 0 Å². The number of amides is 1. The number of allylic oxidation sites excluding steroid dienone is 1. The van der Waals surface area contributed by atoms with E-state index >= 15 is 0 Å². The molecule has 0 aliphatic carbocycles. The fourth-order valence-corrected chi connectivity index (χ4v) is 5.17. The molecule has 0 bridgehead atoms. The Kier molecular flexibility index (Phi) is 5.25. The number of hydrogen-bond donors (Lipinski definition) is 4. The molecule has 1 aromatic carbocycles. The van der Waals surface area contributed by atoms with E-state index in [1.807, 2.05) is 0 Å². The lowest BCUT2D eigenvalue weighted by molar-refractivity contribution is -0.133. The second-order valence-corrected chi connectivity index (χ2v) is 8.92. The van der Waals surface area contributed by atoms with Crippen LogP contribution in [-0.2, 0) is 15.0 Å². The fraction of sp³-hybridized carbons (Fsp3) is 0.357. The number of alkyl halides is 3. The highest BCUT2D eigenvalue weighted by Crippen LogP contribution is 2.47. The summed E-state index contributed by atoms with van der Waals surface area (Å²) >= 11 is 0.646. The van der Waals surface area contributed by atoms with E-state index in [0.717, 1.165) is 11.9 Å². The molecular formula is C14H16F3N5O5S2. The molecular weight excluding hydrogens is 439 g/mol. The summed E-state index contributed by atoms with van der Waals surface area (Å²) in [6.45, 7) is 0. The lowest BCUT2D eigenvalue weighted by atomic mass is 10.1. The Bertz CT molecular complexity index is 986. The minimum Gasteiger partial charge on any atom is -0.370 e. The minimum atomic E-state index is -4.80. The van der Waals surface area contributed by atoms with Crippen LogP contribution in [0, 0.1) is 0 Å². The molecule has 3 rings (SSSR count). The Balaban J connectivity index is 2.05. The van der Waals surface area contributed by atoms with Crippen molar-refractivity contribution in [3.63, 3.8) is 0 Å². The molecule has 15 heteroatoms. The first-order valence-corrected chi connectivity index (χ1v) is 10.1. The molecule has 0 spiro atoms. The van der Waals surface area contributed by atoms with E-state index in [0.29, 0.717) is 31.5 Å². The number of hydrogen-bond acceptors (Lipinski definition) is 8. The number of primary amides is 1. The van der Waals surface area contributed by atoms with E-state index < -0.39 is 46.6 Å². The number of anilines is 1. The van der Waals surface area contributed by atoms with Crippen LogP contribution in [0.2, 0.25) is 0 Å². The molecule has 0 saturated heterocycles. The van der Waals surface area contributed by atoms with Gasteiger partial charge < -0.3 is 20.8 Å². The van der Waals surface area contributed by atoms with Crippen molar-refractivity contribution in [3.8, 4) is 0 Å². The summed E-state index contributed by atoms with van der Waals surface area (Å²) in [4.78, 5) is 13.5. The molecule has 0 saturated carbocycles. The van der Waals surface area contributed by atoms with Gasteiger partial charge in [0.1, 0.15) is 11.7 Å². The molecule has 3 unspecified atom stereocenters. The zero-order chi connectivity index (χ0) is 21.9. The molecule has 160 valence electrons. The van der Waals surface area contributed by atoms with Gasteiger partial charge in [-0.05, 0) is 41.8 Å². The van der Waals surface area contributed by atoms with Crippen molar-refractivity contribution in [1.29, 1.82) is 0 Å². The number of halogens is 3. The second-order valence-electron chi connectivity index (χ2n) is 6.25. The van der Waals surface area contributed by atoms with E-state index in [4.69, 9.17) is 10.9 Å². The van der Waals surface area contributed by atoms with Crippen LogP contribution in [0.4, 0.5) is 18.9 Å². The summed E-state index contributed by atoms with van der Waals surface area (Å²) in [6.07, 6.45) is -8.05. The van der Waals surface area contributed by atoms with Gasteiger partial charge in [-0.25, -0.2) is 5.14 Å². The van der Waals surface area contributed by atoms with E-state index in [2.05, 4.69) is 0 Å². The predicted octanol–water partition coefficient (Wildman–Crippen LogP) is -0.469. The van der Waals surface area contributed by atoms with Crippen LogP contribution in [0.5, 0.6) is 0 Å². The van der Waals surface area contributed by atoms with Crippen molar-refractivity contribution < 1.29 is 36.6 Å². The minimum absolute atomic E-state index is 0.0243. The predicted molar refractivity (Wildman–Crippen MR) is 95.6 cm³/mol. The molecule has 6 N–H and O–H groups in total. The third-order valence-corrected chi connectivity index (χ3v) is 6.88. The van der Waals surface area contributed by atoms with Gasteiger partial charge in [-0.15, -0.1) is 3.71 Å². The second kappa shape index (κ2) is 7.03. The van der Waals surface area contributed by atoms with Gasteiger partial charge in [0.15, 0.2) is 6.23 Å². The number of nitrogens with two attached hydrogens (primary N) is 2. The Morgan fingerprint density at radius 2 is 1.90 bits per heavy atom. The molecule has 0 fully saturated rings. The smallest absolute Gasteiger partial charge is 0.370 e. The summed E-state index contributed by atoms with van der Waals surface area (Å²) in [7, 11) is -3.33.